The fourth-order valence-electron chi connectivity index (χ4n) is 3.65. The lowest BCUT2D eigenvalue weighted by atomic mass is 10.1. The minimum Gasteiger partial charge on any atom is -0.468 e. The molecule has 1 amide bonds. The van der Waals surface area contributed by atoms with Crippen molar-refractivity contribution in [3.8, 4) is 0 Å². The number of carbonyl (C=O) groups excluding carboxylic acids is 2. The highest BCUT2D eigenvalue weighted by atomic mass is 35.5. The number of anilines is 1. The van der Waals surface area contributed by atoms with Crippen molar-refractivity contribution >= 4 is 51.0 Å². The smallest absolute Gasteiger partial charge is 0.324 e. The number of ether oxygens (including phenoxy) is 1. The maximum absolute atomic E-state index is 13.3. The summed E-state index contributed by atoms with van der Waals surface area (Å²) in [6.07, 6.45) is 2.67. The summed E-state index contributed by atoms with van der Waals surface area (Å²) in [7, 11) is -2.87. The molecular weight excluding hydrogens is 551 g/mol. The quantitative estimate of drug-likeness (QED) is 0.324. The molecule has 0 aliphatic heterocycles. The average Bonchev–Trinajstić information content (AvgIpc) is 2.87. The van der Waals surface area contributed by atoms with Crippen LogP contribution in [-0.4, -0.2) is 48.8 Å². The Morgan fingerprint density at radius 3 is 2.13 bits per heavy atom. The number of nitrogens with zero attached hydrogens (tertiary/aromatic N) is 2. The van der Waals surface area contributed by atoms with Gasteiger partial charge in [-0.15, -0.1) is 0 Å². The highest BCUT2D eigenvalue weighted by Crippen LogP contribution is 2.24. The van der Waals surface area contributed by atoms with Crippen LogP contribution in [0.1, 0.15) is 35.3 Å². The summed E-state index contributed by atoms with van der Waals surface area (Å²) in [6, 6.07) is 14.2. The number of hydrogen-bond donors (Lipinski definition) is 2. The van der Waals surface area contributed by atoms with E-state index in [-0.39, 0.29) is 34.6 Å². The number of methoxy groups -OCH3 is 1. The highest BCUT2D eigenvalue weighted by Gasteiger charge is 2.31. The molecule has 0 fully saturated rings. The minimum absolute atomic E-state index is 0.0272. The number of rotatable bonds is 11. The Morgan fingerprint density at radius 2 is 1.58 bits per heavy atom. The van der Waals surface area contributed by atoms with E-state index < -0.39 is 28.1 Å². The molecule has 1 heterocycles. The lowest BCUT2D eigenvalue weighted by Crippen LogP contribution is -2.51. The summed E-state index contributed by atoms with van der Waals surface area (Å²) in [4.78, 5) is 29.0. The van der Waals surface area contributed by atoms with Crippen molar-refractivity contribution in [1.82, 2.24) is 14.0 Å². The average molecular weight is 580 g/mol. The van der Waals surface area contributed by atoms with E-state index in [4.69, 9.17) is 27.9 Å². The zero-order chi connectivity index (χ0) is 27.9. The van der Waals surface area contributed by atoms with Crippen molar-refractivity contribution in [1.29, 1.82) is 0 Å². The van der Waals surface area contributed by atoms with Crippen LogP contribution >= 0.6 is 23.2 Å². The molecule has 0 radical (unpaired) electrons. The minimum atomic E-state index is -4.06. The summed E-state index contributed by atoms with van der Waals surface area (Å²) in [5.41, 5.74) is 2.00. The summed E-state index contributed by atoms with van der Waals surface area (Å²) in [6.45, 7) is 3.66. The SMILES string of the molecule is COC(=O)C(Cc1ccc(NC(=O)c2c(Cl)cncc2Cl)cc1)NS(=O)(=O)N(Cc1ccccc1)C(C)C. The van der Waals surface area contributed by atoms with Crippen LogP contribution in [0.25, 0.3) is 0 Å². The van der Waals surface area contributed by atoms with Gasteiger partial charge in [-0.25, -0.2) is 0 Å². The molecule has 0 aliphatic rings. The van der Waals surface area contributed by atoms with Crippen molar-refractivity contribution in [2.24, 2.45) is 0 Å². The number of hydrogen-bond acceptors (Lipinski definition) is 6. The fraction of sp³-hybridized carbons (Fsp3) is 0.269. The van der Waals surface area contributed by atoms with E-state index in [2.05, 4.69) is 15.0 Å². The van der Waals surface area contributed by atoms with E-state index in [1.807, 2.05) is 30.3 Å². The first-order valence-corrected chi connectivity index (χ1v) is 13.8. The molecule has 1 aromatic heterocycles. The number of amides is 1. The van der Waals surface area contributed by atoms with Crippen molar-refractivity contribution in [3.05, 3.63) is 93.7 Å². The Morgan fingerprint density at radius 1 is 0.974 bits per heavy atom. The molecule has 2 aromatic carbocycles. The topological polar surface area (TPSA) is 118 Å². The lowest BCUT2D eigenvalue weighted by Gasteiger charge is -2.28. The van der Waals surface area contributed by atoms with Gasteiger partial charge in [-0.05, 0) is 43.5 Å². The van der Waals surface area contributed by atoms with Gasteiger partial charge in [-0.3, -0.25) is 14.6 Å². The molecule has 12 heteroatoms. The molecule has 0 spiro atoms. The molecule has 0 aliphatic carbocycles. The molecule has 38 heavy (non-hydrogen) atoms. The van der Waals surface area contributed by atoms with Gasteiger partial charge >= 0.3 is 5.97 Å². The second-order valence-corrected chi connectivity index (χ2v) is 11.1. The molecule has 0 saturated carbocycles. The monoisotopic (exact) mass is 578 g/mol. The third-order valence-electron chi connectivity index (χ3n) is 5.57. The molecular formula is C26H28Cl2N4O5S. The van der Waals surface area contributed by atoms with Gasteiger partial charge in [0.1, 0.15) is 6.04 Å². The van der Waals surface area contributed by atoms with Crippen LogP contribution in [0.3, 0.4) is 0 Å². The molecule has 1 atom stereocenters. The molecule has 0 bridgehead atoms. The predicted molar refractivity (Wildman–Crippen MR) is 147 cm³/mol. The van der Waals surface area contributed by atoms with Crippen molar-refractivity contribution in [2.45, 2.75) is 38.9 Å². The van der Waals surface area contributed by atoms with Crippen molar-refractivity contribution in [2.75, 3.05) is 12.4 Å². The number of aromatic nitrogens is 1. The first kappa shape index (κ1) is 29.5. The zero-order valence-corrected chi connectivity index (χ0v) is 23.3. The summed E-state index contributed by atoms with van der Waals surface area (Å²) in [5, 5.41) is 2.92. The van der Waals surface area contributed by atoms with E-state index in [0.29, 0.717) is 11.3 Å². The maximum atomic E-state index is 13.3. The van der Waals surface area contributed by atoms with Crippen LogP contribution < -0.4 is 10.0 Å². The summed E-state index contributed by atoms with van der Waals surface area (Å²) < 4.78 is 35.2. The largest absolute Gasteiger partial charge is 0.468 e. The Hall–Kier alpha value is -3.02. The van der Waals surface area contributed by atoms with Crippen molar-refractivity contribution < 1.29 is 22.7 Å². The van der Waals surface area contributed by atoms with Crippen LogP contribution in [0.2, 0.25) is 10.0 Å². The van der Waals surface area contributed by atoms with E-state index in [1.165, 1.54) is 23.8 Å². The summed E-state index contributed by atoms with van der Waals surface area (Å²) >= 11 is 12.1. The first-order chi connectivity index (χ1) is 18.0. The molecule has 3 rings (SSSR count). The Labute approximate surface area is 232 Å². The van der Waals surface area contributed by atoms with Crippen LogP contribution in [0.5, 0.6) is 0 Å². The van der Waals surface area contributed by atoms with E-state index >= 15 is 0 Å². The second-order valence-electron chi connectivity index (χ2n) is 8.66. The van der Waals surface area contributed by atoms with Crippen molar-refractivity contribution in [3.63, 3.8) is 0 Å². The van der Waals surface area contributed by atoms with Gasteiger partial charge in [0, 0.05) is 30.7 Å². The standard InChI is InChI=1S/C26H28Cl2N4O5S/c1-17(2)32(16-19-7-5-4-6-8-19)38(35,36)31-23(26(34)37-3)13-18-9-11-20(12-10-18)30-25(33)24-21(27)14-29-15-22(24)28/h4-12,14-15,17,23,31H,13,16H2,1-3H3,(H,30,33). The molecule has 2 N–H and O–H groups in total. The molecule has 3 aromatic rings. The van der Waals surface area contributed by atoms with E-state index in [0.717, 1.165) is 5.56 Å². The van der Waals surface area contributed by atoms with Gasteiger partial charge in [0.2, 0.25) is 0 Å². The number of carbonyl (C=O) groups is 2. The van der Waals surface area contributed by atoms with Gasteiger partial charge < -0.3 is 10.1 Å². The molecule has 0 saturated heterocycles. The van der Waals surface area contributed by atoms with Crippen LogP contribution in [0.15, 0.2) is 67.0 Å². The molecule has 9 nitrogen and oxygen atoms in total. The van der Waals surface area contributed by atoms with E-state index in [9.17, 15) is 18.0 Å². The zero-order valence-electron chi connectivity index (χ0n) is 21.0. The lowest BCUT2D eigenvalue weighted by molar-refractivity contribution is -0.142. The fourth-order valence-corrected chi connectivity index (χ4v) is 5.74. The summed E-state index contributed by atoms with van der Waals surface area (Å²) in [5.74, 6) is -1.24. The van der Waals surface area contributed by atoms with Crippen LogP contribution in [0, 0.1) is 0 Å². The highest BCUT2D eigenvalue weighted by molar-refractivity contribution is 7.87. The first-order valence-electron chi connectivity index (χ1n) is 11.6. The van der Waals surface area contributed by atoms with Crippen LogP contribution in [-0.2, 0) is 32.7 Å². The number of esters is 1. The maximum Gasteiger partial charge on any atom is 0.324 e. The molecule has 202 valence electrons. The number of halogens is 2. The number of pyridine rings is 1. The normalized spacial score (nSPS) is 12.4. The third-order valence-corrected chi connectivity index (χ3v) is 7.90. The third kappa shape index (κ3) is 7.75. The van der Waals surface area contributed by atoms with E-state index in [1.54, 1.807) is 38.1 Å². The number of nitrogens with one attached hydrogen (secondary N) is 2. The van der Waals surface area contributed by atoms with Gasteiger partial charge in [0.25, 0.3) is 16.1 Å². The Kier molecular flexibility index (Phi) is 10.2. The van der Waals surface area contributed by atoms with Gasteiger partial charge in [-0.2, -0.15) is 17.4 Å². The van der Waals surface area contributed by atoms with Crippen LogP contribution in [0.4, 0.5) is 5.69 Å². The Bertz CT molecular complexity index is 1350. The van der Waals surface area contributed by atoms with Gasteiger partial charge in [0.15, 0.2) is 0 Å². The van der Waals surface area contributed by atoms with Gasteiger partial charge in [-0.1, -0.05) is 65.7 Å². The second kappa shape index (κ2) is 13.2. The molecule has 1 unspecified atom stereocenters. The number of benzene rings is 2. The Balaban J connectivity index is 1.74. The predicted octanol–water partition coefficient (Wildman–Crippen LogP) is 4.47. The van der Waals surface area contributed by atoms with Gasteiger partial charge in [0.05, 0.1) is 22.7 Å².